The minimum atomic E-state index is -4.37. The largest absolute Gasteiger partial charge is 0.495 e. The molecule has 0 unspecified atom stereocenters. The van der Waals surface area contributed by atoms with Gasteiger partial charge in [0.05, 0.1) is 30.0 Å². The van der Waals surface area contributed by atoms with Gasteiger partial charge in [0.1, 0.15) is 16.6 Å². The lowest BCUT2D eigenvalue weighted by atomic mass is 9.68. The van der Waals surface area contributed by atoms with Crippen molar-refractivity contribution < 1.29 is 36.6 Å². The molecule has 1 fully saturated rings. The van der Waals surface area contributed by atoms with Crippen molar-refractivity contribution in [2.45, 2.75) is 77.3 Å². The smallest absolute Gasteiger partial charge is 0.338 e. The van der Waals surface area contributed by atoms with Crippen LogP contribution in [0.1, 0.15) is 82.1 Å². The van der Waals surface area contributed by atoms with Crippen LogP contribution < -0.4 is 14.2 Å². The number of carboxylic acids is 1. The summed E-state index contributed by atoms with van der Waals surface area (Å²) >= 11 is 0.937. The zero-order valence-corrected chi connectivity index (χ0v) is 26.1. The van der Waals surface area contributed by atoms with Gasteiger partial charge < -0.3 is 14.6 Å². The summed E-state index contributed by atoms with van der Waals surface area (Å²) in [5.74, 6) is -2.55. The van der Waals surface area contributed by atoms with Crippen LogP contribution in [-0.4, -0.2) is 37.7 Å². The molecular formula is C30H36F2N2O6S2. The Bertz CT molecular complexity index is 1570. The van der Waals surface area contributed by atoms with Crippen LogP contribution in [0.2, 0.25) is 0 Å². The second-order valence-corrected chi connectivity index (χ2v) is 14.3. The number of nitrogens with zero attached hydrogens (tertiary/aromatic N) is 1. The summed E-state index contributed by atoms with van der Waals surface area (Å²) in [4.78, 5) is 15.4. The number of anilines is 1. The van der Waals surface area contributed by atoms with Crippen molar-refractivity contribution in [3.05, 3.63) is 52.4 Å². The number of aromatic carboxylic acids is 1. The molecular weight excluding hydrogens is 586 g/mol. The summed E-state index contributed by atoms with van der Waals surface area (Å²) < 4.78 is 69.8. The maximum Gasteiger partial charge on any atom is 0.338 e. The number of halogens is 2. The molecule has 12 heteroatoms. The molecule has 1 aromatic heterocycles. The van der Waals surface area contributed by atoms with Crippen molar-refractivity contribution in [1.29, 1.82) is 0 Å². The monoisotopic (exact) mass is 622 g/mol. The molecule has 0 amide bonds. The molecule has 0 atom stereocenters. The van der Waals surface area contributed by atoms with Gasteiger partial charge in [-0.2, -0.15) is 8.42 Å². The average molecular weight is 623 g/mol. The minimum absolute atomic E-state index is 0.110. The summed E-state index contributed by atoms with van der Waals surface area (Å²) in [6, 6.07) is 5.06. The summed E-state index contributed by atoms with van der Waals surface area (Å²) in [6.45, 7) is 10.4. The van der Waals surface area contributed by atoms with E-state index < -0.39 is 38.2 Å². The van der Waals surface area contributed by atoms with Crippen LogP contribution >= 0.6 is 11.3 Å². The third-order valence-corrected chi connectivity index (χ3v) is 9.90. The number of benzene rings is 2. The maximum absolute atomic E-state index is 16.1. The van der Waals surface area contributed by atoms with Gasteiger partial charge in [-0.05, 0) is 68.9 Å². The van der Waals surface area contributed by atoms with Gasteiger partial charge in [0.15, 0.2) is 16.6 Å². The molecule has 3 aromatic rings. The maximum atomic E-state index is 16.1. The molecule has 0 saturated heterocycles. The lowest BCUT2D eigenvalue weighted by molar-refractivity contribution is 0.0691. The molecule has 228 valence electrons. The van der Waals surface area contributed by atoms with Gasteiger partial charge in [-0.1, -0.05) is 26.8 Å². The molecule has 42 heavy (non-hydrogen) atoms. The number of ether oxygens (including phenoxy) is 2. The van der Waals surface area contributed by atoms with Crippen LogP contribution in [0.25, 0.3) is 10.6 Å². The van der Waals surface area contributed by atoms with Crippen molar-refractivity contribution in [3.63, 3.8) is 0 Å². The number of thiazole rings is 1. The first-order chi connectivity index (χ1) is 19.6. The Morgan fingerprint density at radius 1 is 1.14 bits per heavy atom. The Morgan fingerprint density at radius 2 is 1.81 bits per heavy atom. The molecule has 8 nitrogen and oxygen atoms in total. The standard InChI is InChI=1S/C30H36F2N2O6S2/c1-16(2)40-27-19(17-7-9-18(10-8-17)30(3,4)5)11-12-20(26(27)32)28-33-25(15-41-28)42(37,38)34-23-14-22(31)21(29(35)36)13-24(23)39-6/h11-18,34H,7-10H2,1-6H3,(H,35,36)/t17-,18+. The van der Waals surface area contributed by atoms with Gasteiger partial charge in [-0.3, -0.25) is 4.72 Å². The van der Waals surface area contributed by atoms with Crippen molar-refractivity contribution in [3.8, 4) is 22.1 Å². The van der Waals surface area contributed by atoms with Crippen molar-refractivity contribution in [2.75, 3.05) is 11.8 Å². The van der Waals surface area contributed by atoms with Crippen molar-refractivity contribution >= 4 is 33.0 Å². The van der Waals surface area contributed by atoms with Gasteiger partial charge in [0.2, 0.25) is 0 Å². The quantitative estimate of drug-likeness (QED) is 0.251. The lowest BCUT2D eigenvalue weighted by Gasteiger charge is -2.37. The number of sulfonamides is 1. The molecule has 0 spiro atoms. The average Bonchev–Trinajstić information content (AvgIpc) is 3.40. The van der Waals surface area contributed by atoms with E-state index in [1.165, 1.54) is 12.5 Å². The highest BCUT2D eigenvalue weighted by atomic mass is 32.2. The minimum Gasteiger partial charge on any atom is -0.495 e. The van der Waals surface area contributed by atoms with Gasteiger partial charge in [-0.25, -0.2) is 18.6 Å². The number of aromatic nitrogens is 1. The fourth-order valence-electron chi connectivity index (χ4n) is 5.35. The van der Waals surface area contributed by atoms with E-state index >= 15 is 4.39 Å². The molecule has 0 aliphatic heterocycles. The van der Waals surface area contributed by atoms with Gasteiger partial charge >= 0.3 is 5.97 Å². The summed E-state index contributed by atoms with van der Waals surface area (Å²) in [5, 5.41) is 10.1. The Morgan fingerprint density at radius 3 is 2.38 bits per heavy atom. The number of nitrogens with one attached hydrogen (secondary N) is 1. The number of rotatable bonds is 9. The molecule has 0 bridgehead atoms. The normalized spacial score (nSPS) is 17.7. The van der Waals surface area contributed by atoms with E-state index in [1.54, 1.807) is 6.07 Å². The second-order valence-electron chi connectivity index (χ2n) is 11.9. The van der Waals surface area contributed by atoms with E-state index in [9.17, 15) is 17.6 Å². The van der Waals surface area contributed by atoms with Gasteiger partial charge in [0.25, 0.3) is 10.0 Å². The van der Waals surface area contributed by atoms with Crippen LogP contribution in [0.4, 0.5) is 14.5 Å². The highest BCUT2D eigenvalue weighted by Crippen LogP contribution is 2.47. The summed E-state index contributed by atoms with van der Waals surface area (Å²) in [7, 11) is -3.17. The van der Waals surface area contributed by atoms with Crippen LogP contribution in [0.15, 0.2) is 34.7 Å². The van der Waals surface area contributed by atoms with E-state index in [4.69, 9.17) is 14.6 Å². The number of hydrogen-bond acceptors (Lipinski definition) is 7. The zero-order chi connectivity index (χ0) is 31.0. The van der Waals surface area contributed by atoms with E-state index in [0.29, 0.717) is 5.92 Å². The summed E-state index contributed by atoms with van der Waals surface area (Å²) in [6.07, 6.45) is 3.68. The summed E-state index contributed by atoms with van der Waals surface area (Å²) in [5.41, 5.74) is 0.155. The van der Waals surface area contributed by atoms with Crippen LogP contribution in [0, 0.1) is 23.0 Å². The molecule has 1 saturated carbocycles. The SMILES string of the molecule is COc1cc(C(=O)O)c(F)cc1NS(=O)(=O)c1csc(-c2ccc([C@H]3CC[C@@H](C(C)(C)C)CC3)c(OC(C)C)c2F)n1. The van der Waals surface area contributed by atoms with E-state index in [2.05, 4.69) is 30.5 Å². The van der Waals surface area contributed by atoms with Crippen molar-refractivity contribution in [2.24, 2.45) is 11.3 Å². The third kappa shape index (κ3) is 6.70. The lowest BCUT2D eigenvalue weighted by Crippen LogP contribution is -2.25. The van der Waals surface area contributed by atoms with E-state index in [1.807, 2.05) is 19.9 Å². The molecule has 1 aliphatic carbocycles. The number of hydrogen-bond donors (Lipinski definition) is 2. The second kappa shape index (κ2) is 12.2. The molecule has 2 N–H and O–H groups in total. The molecule has 1 heterocycles. The van der Waals surface area contributed by atoms with Crippen LogP contribution in [-0.2, 0) is 10.0 Å². The Balaban J connectivity index is 1.64. The highest BCUT2D eigenvalue weighted by Gasteiger charge is 2.33. The highest BCUT2D eigenvalue weighted by molar-refractivity contribution is 7.92. The number of carboxylic acid groups (broad SMARTS) is 1. The van der Waals surface area contributed by atoms with E-state index in [0.717, 1.165) is 54.7 Å². The molecule has 4 rings (SSSR count). The van der Waals surface area contributed by atoms with Gasteiger partial charge in [-0.15, -0.1) is 11.3 Å². The molecule has 1 aliphatic rings. The third-order valence-electron chi connectivity index (χ3n) is 7.63. The molecule has 2 aromatic carbocycles. The fourth-order valence-corrected chi connectivity index (χ4v) is 7.53. The first-order valence-electron chi connectivity index (χ1n) is 13.7. The van der Waals surface area contributed by atoms with Crippen LogP contribution in [0.5, 0.6) is 11.5 Å². The predicted molar refractivity (Wildman–Crippen MR) is 158 cm³/mol. The van der Waals surface area contributed by atoms with Crippen molar-refractivity contribution in [1.82, 2.24) is 4.98 Å². The molecule has 0 radical (unpaired) electrons. The Labute approximate surface area is 249 Å². The Kier molecular flexibility index (Phi) is 9.17. The zero-order valence-electron chi connectivity index (χ0n) is 24.5. The number of methoxy groups -OCH3 is 1. The van der Waals surface area contributed by atoms with Gasteiger partial charge in [0, 0.05) is 17.0 Å². The fraction of sp³-hybridized carbons (Fsp3) is 0.467. The topological polar surface area (TPSA) is 115 Å². The first-order valence-corrected chi connectivity index (χ1v) is 16.1. The Hall–Kier alpha value is -3.25. The first kappa shape index (κ1) is 31.7. The van der Waals surface area contributed by atoms with E-state index in [-0.39, 0.29) is 45.2 Å². The number of carbonyl (C=O) groups is 1. The van der Waals surface area contributed by atoms with Crippen LogP contribution in [0.3, 0.4) is 0 Å². The predicted octanol–water partition coefficient (Wildman–Crippen LogP) is 7.70.